The maximum absolute atomic E-state index is 11.8. The van der Waals surface area contributed by atoms with Gasteiger partial charge in [-0.3, -0.25) is 9.59 Å². The monoisotopic (exact) mass is 262 g/mol. The first-order valence-electron chi connectivity index (χ1n) is 5.76. The maximum atomic E-state index is 11.8. The molecule has 0 saturated heterocycles. The van der Waals surface area contributed by atoms with Gasteiger partial charge < -0.3 is 24.8 Å². The number of rotatable bonds is 8. The first-order valence-corrected chi connectivity index (χ1v) is 5.76. The molecule has 0 radical (unpaired) electrons. The number of aliphatic hydroxyl groups excluding tert-OH is 1. The number of aliphatic hydroxyl groups is 1. The Kier molecular flexibility index (Phi) is 9.17. The van der Waals surface area contributed by atoms with Crippen LogP contribution in [-0.4, -0.2) is 75.0 Å². The minimum atomic E-state index is -0.733. The third-order valence-corrected chi connectivity index (χ3v) is 2.17. The van der Waals surface area contributed by atoms with Gasteiger partial charge in [0.25, 0.3) is 0 Å². The molecule has 2 amide bonds. The van der Waals surface area contributed by atoms with Crippen molar-refractivity contribution in [3.05, 3.63) is 0 Å². The first kappa shape index (κ1) is 16.8. The lowest BCUT2D eigenvalue weighted by Crippen LogP contribution is -2.46. The number of amides is 2. The van der Waals surface area contributed by atoms with E-state index in [-0.39, 0.29) is 6.54 Å². The highest BCUT2D eigenvalue weighted by Gasteiger charge is 2.21. The van der Waals surface area contributed by atoms with Crippen LogP contribution in [0.2, 0.25) is 0 Å². The third kappa shape index (κ3) is 7.21. The molecule has 0 fully saturated rings. The summed E-state index contributed by atoms with van der Waals surface area (Å²) < 4.78 is 9.75. The van der Waals surface area contributed by atoms with E-state index < -0.39 is 17.9 Å². The normalized spacial score (nSPS) is 12.0. The van der Waals surface area contributed by atoms with Crippen molar-refractivity contribution in [2.24, 2.45) is 0 Å². The van der Waals surface area contributed by atoms with Crippen LogP contribution in [0.3, 0.4) is 0 Å². The molecule has 7 heteroatoms. The molecule has 0 aromatic carbocycles. The molecule has 1 unspecified atom stereocenters. The fraction of sp³-hybridized carbons (Fsp3) is 0.818. The summed E-state index contributed by atoms with van der Waals surface area (Å²) in [7, 11) is 3.04. The molecule has 1 atom stereocenters. The molecule has 0 aromatic rings. The minimum Gasteiger partial charge on any atom is -0.392 e. The number of hydrogen-bond donors (Lipinski definition) is 2. The third-order valence-electron chi connectivity index (χ3n) is 2.17. The summed E-state index contributed by atoms with van der Waals surface area (Å²) in [6.07, 6.45) is -0.687. The standard InChI is InChI=1S/C11H22N2O5/c1-9(14)8-12-10(15)11(16)13(4-6-17-2)5-7-18-3/h9,14H,4-8H2,1-3H3,(H,12,15). The van der Waals surface area contributed by atoms with Crippen molar-refractivity contribution in [3.63, 3.8) is 0 Å². The molecular weight excluding hydrogens is 240 g/mol. The Morgan fingerprint density at radius 1 is 1.22 bits per heavy atom. The molecule has 0 aliphatic rings. The number of nitrogens with zero attached hydrogens (tertiary/aromatic N) is 1. The molecule has 0 spiro atoms. The minimum absolute atomic E-state index is 0.0486. The van der Waals surface area contributed by atoms with Crippen LogP contribution in [0.15, 0.2) is 0 Å². The number of methoxy groups -OCH3 is 2. The Morgan fingerprint density at radius 3 is 2.11 bits per heavy atom. The van der Waals surface area contributed by atoms with E-state index in [1.807, 2.05) is 0 Å². The van der Waals surface area contributed by atoms with Crippen LogP contribution >= 0.6 is 0 Å². The van der Waals surface area contributed by atoms with Crippen LogP contribution in [-0.2, 0) is 19.1 Å². The zero-order chi connectivity index (χ0) is 14.0. The number of ether oxygens (including phenoxy) is 2. The van der Waals surface area contributed by atoms with Gasteiger partial charge in [0.2, 0.25) is 0 Å². The molecule has 2 N–H and O–H groups in total. The molecule has 0 aromatic heterocycles. The van der Waals surface area contributed by atoms with Crippen molar-refractivity contribution in [1.82, 2.24) is 10.2 Å². The Bertz CT molecular complexity index is 250. The van der Waals surface area contributed by atoms with Gasteiger partial charge in [0.15, 0.2) is 0 Å². The fourth-order valence-electron chi connectivity index (χ4n) is 1.18. The second kappa shape index (κ2) is 9.81. The van der Waals surface area contributed by atoms with E-state index in [0.29, 0.717) is 26.3 Å². The largest absolute Gasteiger partial charge is 0.392 e. The lowest BCUT2D eigenvalue weighted by atomic mass is 10.3. The van der Waals surface area contributed by atoms with Gasteiger partial charge in [0.05, 0.1) is 19.3 Å². The van der Waals surface area contributed by atoms with E-state index in [1.54, 1.807) is 0 Å². The van der Waals surface area contributed by atoms with Crippen molar-refractivity contribution in [1.29, 1.82) is 0 Å². The van der Waals surface area contributed by atoms with Crippen LogP contribution < -0.4 is 5.32 Å². The van der Waals surface area contributed by atoms with Crippen molar-refractivity contribution in [2.75, 3.05) is 47.1 Å². The molecule has 0 aliphatic heterocycles. The van der Waals surface area contributed by atoms with E-state index >= 15 is 0 Å². The van der Waals surface area contributed by atoms with Crippen molar-refractivity contribution < 1.29 is 24.2 Å². The van der Waals surface area contributed by atoms with E-state index in [4.69, 9.17) is 14.6 Å². The van der Waals surface area contributed by atoms with Gasteiger partial charge in [-0.2, -0.15) is 0 Å². The fourth-order valence-corrected chi connectivity index (χ4v) is 1.18. The van der Waals surface area contributed by atoms with E-state index in [0.717, 1.165) is 0 Å². The number of carbonyl (C=O) groups excluding carboxylic acids is 2. The second-order valence-corrected chi connectivity index (χ2v) is 3.84. The topological polar surface area (TPSA) is 88.1 Å². The molecule has 106 valence electrons. The van der Waals surface area contributed by atoms with Crippen molar-refractivity contribution in [2.45, 2.75) is 13.0 Å². The highest BCUT2D eigenvalue weighted by molar-refractivity contribution is 6.35. The van der Waals surface area contributed by atoms with Gasteiger partial charge in [-0.25, -0.2) is 0 Å². The zero-order valence-electron chi connectivity index (χ0n) is 11.1. The van der Waals surface area contributed by atoms with Crippen LogP contribution in [0.4, 0.5) is 0 Å². The highest BCUT2D eigenvalue weighted by Crippen LogP contribution is 1.92. The predicted molar refractivity (Wildman–Crippen MR) is 65.0 cm³/mol. The van der Waals surface area contributed by atoms with Gasteiger partial charge in [-0.1, -0.05) is 0 Å². The molecule has 18 heavy (non-hydrogen) atoms. The molecular formula is C11H22N2O5. The zero-order valence-corrected chi connectivity index (χ0v) is 11.1. The van der Waals surface area contributed by atoms with E-state index in [1.165, 1.54) is 26.0 Å². The maximum Gasteiger partial charge on any atom is 0.312 e. The summed E-state index contributed by atoms with van der Waals surface area (Å²) in [5.74, 6) is -1.38. The predicted octanol–water partition coefficient (Wildman–Crippen LogP) is -1.40. The lowest BCUT2D eigenvalue weighted by molar-refractivity contribution is -0.146. The molecule has 7 nitrogen and oxygen atoms in total. The quantitative estimate of drug-likeness (QED) is 0.526. The van der Waals surface area contributed by atoms with Gasteiger partial charge in [0.1, 0.15) is 0 Å². The molecule has 0 heterocycles. The van der Waals surface area contributed by atoms with Gasteiger partial charge >= 0.3 is 11.8 Å². The van der Waals surface area contributed by atoms with Gasteiger partial charge in [-0.15, -0.1) is 0 Å². The second-order valence-electron chi connectivity index (χ2n) is 3.84. The van der Waals surface area contributed by atoms with E-state index in [2.05, 4.69) is 5.32 Å². The van der Waals surface area contributed by atoms with Crippen LogP contribution in [0.1, 0.15) is 6.92 Å². The summed E-state index contributed by atoms with van der Waals surface area (Å²) in [6.45, 7) is 2.91. The Labute approximate surface area is 107 Å². The molecule has 0 aliphatic carbocycles. The molecule has 0 bridgehead atoms. The van der Waals surface area contributed by atoms with E-state index in [9.17, 15) is 9.59 Å². The first-order chi connectivity index (χ1) is 8.52. The molecule has 0 saturated carbocycles. The highest BCUT2D eigenvalue weighted by atomic mass is 16.5. The average molecular weight is 262 g/mol. The van der Waals surface area contributed by atoms with Gasteiger partial charge in [-0.05, 0) is 6.92 Å². The Balaban J connectivity index is 4.28. The summed E-state index contributed by atoms with van der Waals surface area (Å²) >= 11 is 0. The van der Waals surface area contributed by atoms with Gasteiger partial charge in [0, 0.05) is 33.9 Å². The van der Waals surface area contributed by atoms with Crippen LogP contribution in [0.5, 0.6) is 0 Å². The number of nitrogens with one attached hydrogen (secondary N) is 1. The average Bonchev–Trinajstić information content (AvgIpc) is 2.35. The summed E-state index contributed by atoms with van der Waals surface area (Å²) in [4.78, 5) is 24.7. The smallest absolute Gasteiger partial charge is 0.312 e. The van der Waals surface area contributed by atoms with Crippen LogP contribution in [0, 0.1) is 0 Å². The Hall–Kier alpha value is -1.18. The summed E-state index contributed by atoms with van der Waals surface area (Å²) in [5.41, 5.74) is 0. The summed E-state index contributed by atoms with van der Waals surface area (Å²) in [6, 6.07) is 0. The van der Waals surface area contributed by atoms with Crippen molar-refractivity contribution >= 4 is 11.8 Å². The molecule has 0 rings (SSSR count). The number of hydrogen-bond acceptors (Lipinski definition) is 5. The summed E-state index contributed by atoms with van der Waals surface area (Å²) in [5, 5.41) is 11.4. The Morgan fingerprint density at radius 2 is 1.72 bits per heavy atom. The van der Waals surface area contributed by atoms with Crippen LogP contribution in [0.25, 0.3) is 0 Å². The number of carbonyl (C=O) groups is 2. The SMILES string of the molecule is COCCN(CCOC)C(=O)C(=O)NCC(C)O. The van der Waals surface area contributed by atoms with Crippen molar-refractivity contribution in [3.8, 4) is 0 Å². The lowest BCUT2D eigenvalue weighted by Gasteiger charge is -2.21.